The van der Waals surface area contributed by atoms with Gasteiger partial charge in [-0.2, -0.15) is 0 Å². The monoisotopic (exact) mass is 422 g/mol. The molecule has 0 saturated carbocycles. The van der Waals surface area contributed by atoms with Gasteiger partial charge in [0, 0.05) is 44.8 Å². The average molecular weight is 423 g/mol. The second kappa shape index (κ2) is 10.7. The number of carbonyl (C=O) groups excluding carboxylic acids is 3. The van der Waals surface area contributed by atoms with E-state index in [4.69, 9.17) is 0 Å². The van der Waals surface area contributed by atoms with Crippen molar-refractivity contribution in [3.8, 4) is 0 Å². The SMILES string of the molecule is CCN(CC)C(=O)CN1CCN(C(=O)c2ccccc2NC(=O)c2ccccc2)CC1. The number of amides is 3. The summed E-state index contributed by atoms with van der Waals surface area (Å²) in [6, 6.07) is 16.0. The maximum Gasteiger partial charge on any atom is 0.256 e. The number of benzene rings is 2. The van der Waals surface area contributed by atoms with Crippen LogP contribution in [0.1, 0.15) is 34.6 Å². The number of likely N-dealkylation sites (N-methyl/N-ethyl adjacent to an activating group) is 1. The van der Waals surface area contributed by atoms with E-state index in [2.05, 4.69) is 10.2 Å². The highest BCUT2D eigenvalue weighted by atomic mass is 16.2. The Bertz CT molecular complexity index is 904. The lowest BCUT2D eigenvalue weighted by molar-refractivity contribution is -0.132. The molecule has 0 unspecified atom stereocenters. The molecule has 0 aliphatic carbocycles. The van der Waals surface area contributed by atoms with Crippen molar-refractivity contribution in [2.45, 2.75) is 13.8 Å². The summed E-state index contributed by atoms with van der Waals surface area (Å²) >= 11 is 0. The van der Waals surface area contributed by atoms with E-state index < -0.39 is 0 Å². The smallest absolute Gasteiger partial charge is 0.256 e. The maximum absolute atomic E-state index is 13.1. The Kier molecular flexibility index (Phi) is 7.78. The van der Waals surface area contributed by atoms with Gasteiger partial charge < -0.3 is 15.1 Å². The number of hydrogen-bond acceptors (Lipinski definition) is 4. The van der Waals surface area contributed by atoms with Gasteiger partial charge in [0.1, 0.15) is 0 Å². The number of nitrogens with one attached hydrogen (secondary N) is 1. The number of rotatable bonds is 7. The molecule has 1 N–H and O–H groups in total. The standard InChI is InChI=1S/C24H30N4O3/c1-3-27(4-2)22(29)18-26-14-16-28(17-15-26)24(31)20-12-8-9-13-21(20)25-23(30)19-10-6-5-7-11-19/h5-13H,3-4,14-18H2,1-2H3,(H,25,30). The van der Waals surface area contributed by atoms with Gasteiger partial charge in [0.25, 0.3) is 11.8 Å². The normalized spacial score (nSPS) is 14.2. The van der Waals surface area contributed by atoms with E-state index in [0.717, 1.165) is 0 Å². The fourth-order valence-corrected chi connectivity index (χ4v) is 3.71. The minimum absolute atomic E-state index is 0.112. The largest absolute Gasteiger partial charge is 0.342 e. The van der Waals surface area contributed by atoms with Crippen molar-refractivity contribution in [1.82, 2.24) is 14.7 Å². The third kappa shape index (κ3) is 5.70. The molecule has 0 spiro atoms. The van der Waals surface area contributed by atoms with Gasteiger partial charge in [0.05, 0.1) is 17.8 Å². The van der Waals surface area contributed by atoms with Crippen molar-refractivity contribution < 1.29 is 14.4 Å². The number of nitrogens with zero attached hydrogens (tertiary/aromatic N) is 3. The van der Waals surface area contributed by atoms with Crippen molar-refractivity contribution in [3.63, 3.8) is 0 Å². The third-order valence-electron chi connectivity index (χ3n) is 5.58. The number of hydrogen-bond donors (Lipinski definition) is 1. The highest BCUT2D eigenvalue weighted by molar-refractivity contribution is 6.09. The summed E-state index contributed by atoms with van der Waals surface area (Å²) in [5, 5.41) is 2.86. The fraction of sp³-hybridized carbons (Fsp3) is 0.375. The molecular formula is C24H30N4O3. The van der Waals surface area contributed by atoms with Crippen LogP contribution in [0.25, 0.3) is 0 Å². The number of para-hydroxylation sites is 1. The first kappa shape index (κ1) is 22.5. The zero-order valence-corrected chi connectivity index (χ0v) is 18.2. The summed E-state index contributed by atoms with van der Waals surface area (Å²) in [5.74, 6) is -0.238. The first-order valence-electron chi connectivity index (χ1n) is 10.8. The Balaban J connectivity index is 1.61. The van der Waals surface area contributed by atoms with E-state index in [0.29, 0.717) is 62.6 Å². The highest BCUT2D eigenvalue weighted by Gasteiger charge is 2.26. The van der Waals surface area contributed by atoms with Gasteiger partial charge >= 0.3 is 0 Å². The molecule has 7 nitrogen and oxygen atoms in total. The van der Waals surface area contributed by atoms with E-state index in [9.17, 15) is 14.4 Å². The van der Waals surface area contributed by atoms with Gasteiger partial charge in [-0.15, -0.1) is 0 Å². The molecule has 7 heteroatoms. The van der Waals surface area contributed by atoms with Crippen molar-refractivity contribution in [2.24, 2.45) is 0 Å². The van der Waals surface area contributed by atoms with Crippen LogP contribution >= 0.6 is 0 Å². The van der Waals surface area contributed by atoms with Gasteiger partial charge in [-0.05, 0) is 38.1 Å². The van der Waals surface area contributed by atoms with Crippen LogP contribution in [0.3, 0.4) is 0 Å². The van der Waals surface area contributed by atoms with E-state index in [-0.39, 0.29) is 17.7 Å². The van der Waals surface area contributed by atoms with Crippen molar-refractivity contribution in [3.05, 3.63) is 65.7 Å². The zero-order valence-electron chi connectivity index (χ0n) is 18.2. The van der Waals surface area contributed by atoms with Crippen LogP contribution in [-0.4, -0.2) is 78.2 Å². The third-order valence-corrected chi connectivity index (χ3v) is 5.58. The molecule has 31 heavy (non-hydrogen) atoms. The van der Waals surface area contributed by atoms with E-state index in [1.165, 1.54) is 0 Å². The molecule has 1 saturated heterocycles. The van der Waals surface area contributed by atoms with Crippen LogP contribution in [0.5, 0.6) is 0 Å². The molecule has 164 valence electrons. The summed E-state index contributed by atoms with van der Waals surface area (Å²) < 4.78 is 0. The predicted molar refractivity (Wildman–Crippen MR) is 121 cm³/mol. The molecule has 1 aliphatic rings. The second-order valence-electron chi connectivity index (χ2n) is 7.50. The number of carbonyl (C=O) groups is 3. The first-order valence-corrected chi connectivity index (χ1v) is 10.8. The highest BCUT2D eigenvalue weighted by Crippen LogP contribution is 2.19. The number of anilines is 1. The van der Waals surface area contributed by atoms with Gasteiger partial charge in [-0.3, -0.25) is 19.3 Å². The molecule has 0 atom stereocenters. The lowest BCUT2D eigenvalue weighted by Crippen LogP contribution is -2.51. The topological polar surface area (TPSA) is 73.0 Å². The maximum atomic E-state index is 13.1. The van der Waals surface area contributed by atoms with Crippen molar-refractivity contribution >= 4 is 23.4 Å². The molecule has 3 rings (SSSR count). The van der Waals surface area contributed by atoms with Crippen LogP contribution in [0.15, 0.2) is 54.6 Å². The minimum Gasteiger partial charge on any atom is -0.342 e. The van der Waals surface area contributed by atoms with E-state index in [1.54, 1.807) is 53.4 Å². The van der Waals surface area contributed by atoms with E-state index in [1.807, 2.05) is 24.8 Å². The van der Waals surface area contributed by atoms with Gasteiger partial charge in [0.15, 0.2) is 0 Å². The summed E-state index contributed by atoms with van der Waals surface area (Å²) in [4.78, 5) is 43.7. The molecule has 3 amide bonds. The van der Waals surface area contributed by atoms with Crippen LogP contribution in [-0.2, 0) is 4.79 Å². The Morgan fingerprint density at radius 2 is 1.48 bits per heavy atom. The van der Waals surface area contributed by atoms with Crippen molar-refractivity contribution in [2.75, 3.05) is 51.1 Å². The quantitative estimate of drug-likeness (QED) is 0.744. The average Bonchev–Trinajstić information content (AvgIpc) is 2.81. The number of piperazine rings is 1. The van der Waals surface area contributed by atoms with Crippen LogP contribution in [0, 0.1) is 0 Å². The molecule has 0 aromatic heterocycles. The van der Waals surface area contributed by atoms with Gasteiger partial charge in [0.2, 0.25) is 5.91 Å². The van der Waals surface area contributed by atoms with Crippen LogP contribution < -0.4 is 5.32 Å². The lowest BCUT2D eigenvalue weighted by Gasteiger charge is -2.35. The van der Waals surface area contributed by atoms with Gasteiger partial charge in [-0.1, -0.05) is 30.3 Å². The molecule has 1 aliphatic heterocycles. The van der Waals surface area contributed by atoms with Crippen LogP contribution in [0.4, 0.5) is 5.69 Å². The second-order valence-corrected chi connectivity index (χ2v) is 7.50. The zero-order chi connectivity index (χ0) is 22.2. The Labute approximate surface area is 183 Å². The molecule has 0 bridgehead atoms. The first-order chi connectivity index (χ1) is 15.0. The lowest BCUT2D eigenvalue weighted by atomic mass is 10.1. The molecule has 2 aromatic rings. The van der Waals surface area contributed by atoms with Crippen molar-refractivity contribution in [1.29, 1.82) is 0 Å². The predicted octanol–water partition coefficient (Wildman–Crippen LogP) is 2.57. The Morgan fingerprint density at radius 3 is 2.13 bits per heavy atom. The Hall–Kier alpha value is -3.19. The van der Waals surface area contributed by atoms with Crippen LogP contribution in [0.2, 0.25) is 0 Å². The van der Waals surface area contributed by atoms with E-state index >= 15 is 0 Å². The molecule has 1 fully saturated rings. The summed E-state index contributed by atoms with van der Waals surface area (Å²) in [6.45, 7) is 8.15. The van der Waals surface area contributed by atoms with Gasteiger partial charge in [-0.25, -0.2) is 0 Å². The Morgan fingerprint density at radius 1 is 0.871 bits per heavy atom. The molecule has 2 aromatic carbocycles. The minimum atomic E-state index is -0.249. The fourth-order valence-electron chi connectivity index (χ4n) is 3.71. The summed E-state index contributed by atoms with van der Waals surface area (Å²) in [7, 11) is 0. The summed E-state index contributed by atoms with van der Waals surface area (Å²) in [5.41, 5.74) is 1.51. The molecular weight excluding hydrogens is 392 g/mol. The molecule has 1 heterocycles. The molecule has 0 radical (unpaired) electrons. The summed E-state index contributed by atoms with van der Waals surface area (Å²) in [6.07, 6.45) is 0.